The molecule has 10 heteroatoms. The van der Waals surface area contributed by atoms with Crippen molar-refractivity contribution in [3.63, 3.8) is 0 Å². The molecule has 0 aliphatic carbocycles. The number of benzene rings is 7. The molecule has 10 rings (SSSR count). The average molecular weight is 750 g/mol. The molecule has 0 amide bonds. The van der Waals surface area contributed by atoms with E-state index < -0.39 is 25.2 Å². The van der Waals surface area contributed by atoms with E-state index in [9.17, 15) is 0 Å². The molecule has 0 N–H and O–H groups in total. The average Bonchev–Trinajstić information content (AvgIpc) is 3.78. The molecular formula is C44H39N7Si3. The van der Waals surface area contributed by atoms with Gasteiger partial charge >= 0.3 is 0 Å². The molecule has 0 aromatic heterocycles. The molecule has 262 valence electrons. The molecule has 0 fully saturated rings. The van der Waals surface area contributed by atoms with Gasteiger partial charge in [-0.2, -0.15) is 0 Å². The molecule has 0 saturated carbocycles. The first kappa shape index (κ1) is 32.9. The minimum Gasteiger partial charge on any atom is -0.304 e. The molecule has 54 heavy (non-hydrogen) atoms. The van der Waals surface area contributed by atoms with Crippen LogP contribution in [0.5, 0.6) is 0 Å². The van der Waals surface area contributed by atoms with E-state index in [1.165, 1.54) is 21.5 Å². The highest BCUT2D eigenvalue weighted by atomic mass is 28.4. The second-order valence-electron chi connectivity index (χ2n) is 15.9. The van der Waals surface area contributed by atoms with Gasteiger partial charge in [0.1, 0.15) is 0 Å². The van der Waals surface area contributed by atoms with Crippen molar-refractivity contribution >= 4 is 63.8 Å². The van der Waals surface area contributed by atoms with Gasteiger partial charge in [-0.15, -0.1) is 0 Å². The van der Waals surface area contributed by atoms with Crippen LogP contribution in [-0.2, 0) is 0 Å². The standard InChI is InChI=1S/C44H39N7Si3/c1-52(2)45-36-17-12-18-37(42(36)48-52)51(38-23-21-34(28-13-8-7-9-14-28)40-43(38)49-53(3,4)46-40)39-24-22-35(41-44(39)50-54(5,6)47-41)32-20-19-31-25-29-15-10-11-16-30(29)26-33(31)27-32/h7-27H,1-6H3. The second kappa shape index (κ2) is 11.7. The fourth-order valence-corrected chi connectivity index (χ4v) is 12.9. The minimum absolute atomic E-state index is 0.916. The Morgan fingerprint density at radius 1 is 0.352 bits per heavy atom. The quantitative estimate of drug-likeness (QED) is 0.132. The van der Waals surface area contributed by atoms with Crippen LogP contribution in [0.2, 0.25) is 39.3 Å². The summed E-state index contributed by atoms with van der Waals surface area (Å²) in [6.45, 7) is 13.2. The maximum absolute atomic E-state index is 5.49. The lowest BCUT2D eigenvalue weighted by Crippen LogP contribution is -2.38. The van der Waals surface area contributed by atoms with Crippen molar-refractivity contribution in [1.29, 1.82) is 0 Å². The molecule has 0 saturated heterocycles. The zero-order valence-corrected chi connectivity index (χ0v) is 34.3. The Morgan fingerprint density at radius 3 is 1.50 bits per heavy atom. The Kier molecular flexibility index (Phi) is 7.10. The fourth-order valence-electron chi connectivity index (χ4n) is 8.17. The van der Waals surface area contributed by atoms with Crippen molar-refractivity contribution in [2.45, 2.75) is 39.3 Å². The third-order valence-electron chi connectivity index (χ3n) is 10.4. The van der Waals surface area contributed by atoms with Crippen LogP contribution in [0.1, 0.15) is 0 Å². The van der Waals surface area contributed by atoms with Crippen LogP contribution in [0.25, 0.3) is 43.8 Å². The summed E-state index contributed by atoms with van der Waals surface area (Å²) >= 11 is 0. The Bertz CT molecular complexity index is 3160. The number of hydrogen-bond acceptors (Lipinski definition) is 7. The summed E-state index contributed by atoms with van der Waals surface area (Å²) < 4.78 is 32.2. The summed E-state index contributed by atoms with van der Waals surface area (Å²) in [5.41, 5.74) is 7.36. The van der Waals surface area contributed by atoms with E-state index in [-0.39, 0.29) is 0 Å². The molecule has 3 aliphatic heterocycles. The van der Waals surface area contributed by atoms with Crippen molar-refractivity contribution in [3.8, 4) is 22.3 Å². The summed E-state index contributed by atoms with van der Waals surface area (Å²) in [6, 6.07) is 45.7. The highest BCUT2D eigenvalue weighted by Gasteiger charge is 2.32. The molecule has 0 spiro atoms. The van der Waals surface area contributed by atoms with Gasteiger partial charge in [0.2, 0.25) is 0 Å². The molecule has 3 aliphatic rings. The summed E-state index contributed by atoms with van der Waals surface area (Å²) in [7, 11) is -6.88. The highest BCUT2D eigenvalue weighted by Crippen LogP contribution is 2.33. The van der Waals surface area contributed by atoms with E-state index in [4.69, 9.17) is 27.9 Å². The maximum atomic E-state index is 5.49. The van der Waals surface area contributed by atoms with Crippen LogP contribution < -0.4 is 37.0 Å². The molecule has 7 nitrogen and oxygen atoms in total. The molecule has 0 radical (unpaired) electrons. The van der Waals surface area contributed by atoms with Crippen molar-refractivity contribution in [1.82, 2.24) is 0 Å². The van der Waals surface area contributed by atoms with Crippen molar-refractivity contribution in [2.75, 3.05) is 4.90 Å². The van der Waals surface area contributed by atoms with E-state index in [1.54, 1.807) is 0 Å². The molecule has 7 aromatic rings. The van der Waals surface area contributed by atoms with Gasteiger partial charge in [0.05, 0.1) is 49.2 Å². The van der Waals surface area contributed by atoms with E-state index in [2.05, 4.69) is 172 Å². The number of rotatable bonds is 5. The maximum Gasteiger partial charge on any atom is 0.298 e. The largest absolute Gasteiger partial charge is 0.304 e. The smallest absolute Gasteiger partial charge is 0.298 e. The predicted molar refractivity (Wildman–Crippen MR) is 226 cm³/mol. The van der Waals surface area contributed by atoms with Gasteiger partial charge in [0.15, 0.2) is 0 Å². The molecule has 0 atom stereocenters. The lowest BCUT2D eigenvalue weighted by molar-refractivity contribution is 1.17. The normalized spacial score (nSPS) is 16.6. The fraction of sp³-hybridized carbons (Fsp3) is 0.136. The first-order chi connectivity index (χ1) is 25.9. The van der Waals surface area contributed by atoms with E-state index in [1.807, 2.05) is 0 Å². The van der Waals surface area contributed by atoms with E-state index in [0.717, 1.165) is 71.5 Å². The van der Waals surface area contributed by atoms with Gasteiger partial charge < -0.3 is 4.90 Å². The van der Waals surface area contributed by atoms with Crippen molar-refractivity contribution in [3.05, 3.63) is 160 Å². The zero-order valence-electron chi connectivity index (χ0n) is 31.3. The predicted octanol–water partition coefficient (Wildman–Crippen LogP) is 7.66. The van der Waals surface area contributed by atoms with Crippen LogP contribution in [0.3, 0.4) is 0 Å². The van der Waals surface area contributed by atoms with Gasteiger partial charge in [-0.3, -0.25) is 27.9 Å². The number of hydrogen-bond donors (Lipinski definition) is 0. The highest BCUT2D eigenvalue weighted by molar-refractivity contribution is 6.75. The molecular weight excluding hydrogens is 711 g/mol. The van der Waals surface area contributed by atoms with Crippen LogP contribution in [0, 0.1) is 0 Å². The van der Waals surface area contributed by atoms with Gasteiger partial charge in [-0.05, 0) is 114 Å². The lowest BCUT2D eigenvalue weighted by atomic mass is 9.97. The minimum atomic E-state index is -2.37. The Hall–Kier alpha value is -5.69. The first-order valence-corrected chi connectivity index (χ1v) is 27.2. The third-order valence-corrected chi connectivity index (χ3v) is 15.0. The number of nitrogens with zero attached hydrogens (tertiary/aromatic N) is 7. The van der Waals surface area contributed by atoms with E-state index in [0.29, 0.717) is 0 Å². The number of anilines is 3. The number of fused-ring (bicyclic) bond motifs is 5. The van der Waals surface area contributed by atoms with Gasteiger partial charge in [0.25, 0.3) is 25.2 Å². The van der Waals surface area contributed by atoms with Gasteiger partial charge in [-0.1, -0.05) is 84.9 Å². The van der Waals surface area contributed by atoms with E-state index >= 15 is 0 Å². The topological polar surface area (TPSA) is 77.4 Å². The second-order valence-corrected chi connectivity index (χ2v) is 26.2. The van der Waals surface area contributed by atoms with Gasteiger partial charge in [-0.25, -0.2) is 0 Å². The molecule has 0 bridgehead atoms. The van der Waals surface area contributed by atoms with Crippen LogP contribution in [0.4, 0.5) is 17.1 Å². The molecule has 3 heterocycles. The lowest BCUT2D eigenvalue weighted by Gasteiger charge is -2.26. The zero-order chi connectivity index (χ0) is 37.0. The summed E-state index contributed by atoms with van der Waals surface area (Å²) in [4.78, 5) is 2.33. The van der Waals surface area contributed by atoms with Crippen LogP contribution in [-0.4, -0.2) is 25.2 Å². The summed E-state index contributed by atoms with van der Waals surface area (Å²) in [5, 5.41) is 10.5. The van der Waals surface area contributed by atoms with Crippen molar-refractivity contribution in [2.24, 2.45) is 27.9 Å². The summed E-state index contributed by atoms with van der Waals surface area (Å²) in [5.74, 6) is 0. The Labute approximate surface area is 316 Å². The van der Waals surface area contributed by atoms with Crippen LogP contribution >= 0.6 is 0 Å². The molecule has 0 unspecified atom stereocenters. The van der Waals surface area contributed by atoms with Crippen molar-refractivity contribution < 1.29 is 0 Å². The summed E-state index contributed by atoms with van der Waals surface area (Å²) in [6.07, 6.45) is 0. The first-order valence-electron chi connectivity index (χ1n) is 18.6. The third kappa shape index (κ3) is 5.43. The monoisotopic (exact) mass is 749 g/mol. The Morgan fingerprint density at radius 2 is 0.852 bits per heavy atom. The Balaban J connectivity index is 1.25. The van der Waals surface area contributed by atoms with Crippen LogP contribution in [0.15, 0.2) is 155 Å². The molecule has 7 aromatic carbocycles. The van der Waals surface area contributed by atoms with Gasteiger partial charge in [0, 0.05) is 11.1 Å². The SMILES string of the molecule is C[Si]1(C)N=c2cccc(N(c3ccc(-c4ccccc4)c4c3=N[Si](C)(C)N=4)c3ccc(-c4ccc5cc6ccccc6cc5c4)c4c3=N[Si](C)(C)N=4)c2=N1.